The van der Waals surface area contributed by atoms with Crippen LogP contribution >= 0.6 is 23.4 Å². The first-order chi connectivity index (χ1) is 15.6. The van der Waals surface area contributed by atoms with Crippen molar-refractivity contribution < 1.29 is 0 Å². The smallest absolute Gasteiger partial charge is 0.191 e. The standard InChI is InChI=1S/C21H20ClN9S/c1-3-30-20(15-8-14(15)12-4-6-13(22)7-5-12)26-27-21(30)32-10-17-25-19-16-9-24-29(2)18(16)23-11-31(19)28-17/h4-7,9,11,14-15H,3,8,10H2,1-2H3/t14-,15+/m0/s1. The molecule has 2 atom stereocenters. The Morgan fingerprint density at radius 3 is 2.78 bits per heavy atom. The number of fused-ring (bicyclic) bond motifs is 3. The van der Waals surface area contributed by atoms with E-state index in [0.717, 1.165) is 51.5 Å². The molecule has 0 spiro atoms. The number of benzene rings is 1. The largest absolute Gasteiger partial charge is 0.306 e. The third-order valence-corrected chi connectivity index (χ3v) is 7.14. The molecule has 5 aromatic rings. The lowest BCUT2D eigenvalue weighted by Gasteiger charge is -2.06. The van der Waals surface area contributed by atoms with Crippen molar-refractivity contribution in [3.8, 4) is 0 Å². The second-order valence-corrected chi connectivity index (χ2v) is 9.30. The summed E-state index contributed by atoms with van der Waals surface area (Å²) in [6.45, 7) is 2.96. The Morgan fingerprint density at radius 2 is 1.97 bits per heavy atom. The number of rotatable bonds is 6. The van der Waals surface area contributed by atoms with E-state index in [-0.39, 0.29) is 0 Å². The van der Waals surface area contributed by atoms with Gasteiger partial charge in [0.25, 0.3) is 0 Å². The fraction of sp³-hybridized carbons (Fsp3) is 0.333. The number of halogens is 1. The van der Waals surface area contributed by atoms with E-state index in [1.807, 2.05) is 19.2 Å². The fourth-order valence-electron chi connectivity index (χ4n) is 4.21. The maximum absolute atomic E-state index is 6.03. The highest BCUT2D eigenvalue weighted by Crippen LogP contribution is 2.54. The molecule has 162 valence electrons. The van der Waals surface area contributed by atoms with Crippen LogP contribution in [0.1, 0.15) is 42.4 Å². The molecular formula is C21H20ClN9S. The minimum atomic E-state index is 0.399. The van der Waals surface area contributed by atoms with Gasteiger partial charge in [-0.25, -0.2) is 14.5 Å². The molecule has 4 aromatic heterocycles. The predicted octanol–water partition coefficient (Wildman–Crippen LogP) is 3.84. The summed E-state index contributed by atoms with van der Waals surface area (Å²) in [7, 11) is 1.87. The van der Waals surface area contributed by atoms with Crippen molar-refractivity contribution in [2.45, 2.75) is 42.6 Å². The average molecular weight is 466 g/mol. The van der Waals surface area contributed by atoms with Crippen molar-refractivity contribution in [1.82, 2.24) is 44.1 Å². The molecule has 0 saturated heterocycles. The molecule has 32 heavy (non-hydrogen) atoms. The summed E-state index contributed by atoms with van der Waals surface area (Å²) in [6.07, 6.45) is 4.54. The second-order valence-electron chi connectivity index (χ2n) is 7.92. The molecule has 1 aliphatic rings. The first-order valence-electron chi connectivity index (χ1n) is 10.5. The van der Waals surface area contributed by atoms with Gasteiger partial charge in [0, 0.05) is 24.5 Å². The number of aromatic nitrogens is 9. The normalized spacial score (nSPS) is 18.1. The lowest BCUT2D eigenvalue weighted by atomic mass is 10.1. The van der Waals surface area contributed by atoms with Gasteiger partial charge in [-0.3, -0.25) is 4.68 Å². The fourth-order valence-corrected chi connectivity index (χ4v) is 5.19. The maximum Gasteiger partial charge on any atom is 0.191 e. The van der Waals surface area contributed by atoms with E-state index < -0.39 is 0 Å². The van der Waals surface area contributed by atoms with Crippen LogP contribution < -0.4 is 0 Å². The van der Waals surface area contributed by atoms with Crippen molar-refractivity contribution in [3.05, 3.63) is 59.0 Å². The zero-order chi connectivity index (χ0) is 21.8. The molecule has 11 heteroatoms. The Bertz CT molecular complexity index is 1440. The van der Waals surface area contributed by atoms with E-state index >= 15 is 0 Å². The van der Waals surface area contributed by atoms with Crippen LogP contribution in [0.3, 0.4) is 0 Å². The summed E-state index contributed by atoms with van der Waals surface area (Å²) in [5, 5.41) is 20.4. The highest BCUT2D eigenvalue weighted by atomic mass is 35.5. The summed E-state index contributed by atoms with van der Waals surface area (Å²) in [5.41, 5.74) is 2.86. The Morgan fingerprint density at radius 1 is 1.12 bits per heavy atom. The number of nitrogens with zero attached hydrogens (tertiary/aromatic N) is 9. The summed E-state index contributed by atoms with van der Waals surface area (Å²) in [4.78, 5) is 9.12. The average Bonchev–Trinajstić information content (AvgIpc) is 3.12. The van der Waals surface area contributed by atoms with Crippen LogP contribution in [0.25, 0.3) is 16.7 Å². The molecule has 1 saturated carbocycles. The zero-order valence-electron chi connectivity index (χ0n) is 17.6. The van der Waals surface area contributed by atoms with Gasteiger partial charge in [-0.2, -0.15) is 5.10 Å². The topological polar surface area (TPSA) is 91.6 Å². The first kappa shape index (κ1) is 19.7. The molecule has 0 N–H and O–H groups in total. The third kappa shape index (κ3) is 3.25. The van der Waals surface area contributed by atoms with E-state index in [2.05, 4.69) is 49.0 Å². The van der Waals surface area contributed by atoms with Crippen LogP contribution in [-0.2, 0) is 19.3 Å². The number of aryl methyl sites for hydroxylation is 1. The molecule has 6 rings (SSSR count). The van der Waals surface area contributed by atoms with Crippen molar-refractivity contribution >= 4 is 40.0 Å². The zero-order valence-corrected chi connectivity index (χ0v) is 19.1. The van der Waals surface area contributed by atoms with Crippen LogP contribution in [0.15, 0.2) is 41.9 Å². The summed E-state index contributed by atoms with van der Waals surface area (Å²) in [6, 6.07) is 8.13. The molecule has 1 fully saturated rings. The SMILES string of the molecule is CCn1c(SCc2nc3c4cnn(C)c4ncn3n2)nnc1[C@@H]1C[C@H]1c1ccc(Cl)cc1. The van der Waals surface area contributed by atoms with Crippen molar-refractivity contribution in [1.29, 1.82) is 0 Å². The quantitative estimate of drug-likeness (QED) is 0.352. The molecule has 4 heterocycles. The maximum atomic E-state index is 6.03. The van der Waals surface area contributed by atoms with Crippen LogP contribution in [0, 0.1) is 0 Å². The Kier molecular flexibility index (Phi) is 4.65. The number of thioether (sulfide) groups is 1. The van der Waals surface area contributed by atoms with Gasteiger partial charge >= 0.3 is 0 Å². The molecule has 0 bridgehead atoms. The lowest BCUT2D eigenvalue weighted by molar-refractivity contribution is 0.640. The van der Waals surface area contributed by atoms with Gasteiger partial charge in [0.1, 0.15) is 12.2 Å². The Balaban J connectivity index is 1.21. The molecule has 0 aliphatic heterocycles. The number of hydrogen-bond donors (Lipinski definition) is 0. The van der Waals surface area contributed by atoms with Gasteiger partial charge in [-0.1, -0.05) is 35.5 Å². The van der Waals surface area contributed by atoms with E-state index in [9.17, 15) is 0 Å². The molecule has 0 unspecified atom stereocenters. The molecule has 1 aliphatic carbocycles. The van der Waals surface area contributed by atoms with E-state index in [0.29, 0.717) is 17.6 Å². The van der Waals surface area contributed by atoms with E-state index in [4.69, 9.17) is 16.6 Å². The summed E-state index contributed by atoms with van der Waals surface area (Å²) >= 11 is 7.64. The first-order valence-corrected chi connectivity index (χ1v) is 11.8. The molecule has 0 amide bonds. The van der Waals surface area contributed by atoms with Crippen LogP contribution in [0.4, 0.5) is 0 Å². The van der Waals surface area contributed by atoms with Gasteiger partial charge in [0.2, 0.25) is 0 Å². The third-order valence-electron chi connectivity index (χ3n) is 5.93. The molecule has 0 radical (unpaired) electrons. The van der Waals surface area contributed by atoms with Crippen LogP contribution in [-0.4, -0.2) is 44.1 Å². The minimum Gasteiger partial charge on any atom is -0.306 e. The van der Waals surface area contributed by atoms with Gasteiger partial charge in [-0.05, 0) is 37.0 Å². The van der Waals surface area contributed by atoms with Gasteiger partial charge in [-0.15, -0.1) is 15.3 Å². The van der Waals surface area contributed by atoms with E-state index in [1.54, 1.807) is 33.5 Å². The Labute approximate surface area is 192 Å². The lowest BCUT2D eigenvalue weighted by Crippen LogP contribution is -2.03. The molecule has 9 nitrogen and oxygen atoms in total. The highest BCUT2D eigenvalue weighted by Gasteiger charge is 2.43. The second kappa shape index (κ2) is 7.56. The van der Waals surface area contributed by atoms with Gasteiger partial charge < -0.3 is 4.57 Å². The molecular weight excluding hydrogens is 446 g/mol. The van der Waals surface area contributed by atoms with E-state index in [1.165, 1.54) is 5.56 Å². The monoisotopic (exact) mass is 465 g/mol. The van der Waals surface area contributed by atoms with Crippen LogP contribution in [0.5, 0.6) is 0 Å². The number of hydrogen-bond acceptors (Lipinski definition) is 7. The van der Waals surface area contributed by atoms with Crippen molar-refractivity contribution in [3.63, 3.8) is 0 Å². The van der Waals surface area contributed by atoms with Crippen molar-refractivity contribution in [2.75, 3.05) is 0 Å². The summed E-state index contributed by atoms with van der Waals surface area (Å²) in [5.74, 6) is 3.27. The predicted molar refractivity (Wildman–Crippen MR) is 122 cm³/mol. The van der Waals surface area contributed by atoms with Crippen molar-refractivity contribution in [2.24, 2.45) is 7.05 Å². The van der Waals surface area contributed by atoms with Gasteiger partial charge in [0.05, 0.1) is 17.3 Å². The van der Waals surface area contributed by atoms with Gasteiger partial charge in [0.15, 0.2) is 22.3 Å². The van der Waals surface area contributed by atoms with Crippen LogP contribution in [0.2, 0.25) is 5.02 Å². The minimum absolute atomic E-state index is 0.399. The highest BCUT2D eigenvalue weighted by molar-refractivity contribution is 7.98. The molecule has 1 aromatic carbocycles. The Hall–Kier alpha value is -2.98. The summed E-state index contributed by atoms with van der Waals surface area (Å²) < 4.78 is 5.65.